The summed E-state index contributed by atoms with van der Waals surface area (Å²) >= 11 is 0. The van der Waals surface area contributed by atoms with E-state index in [2.05, 4.69) is 0 Å². The number of carbonyl (C=O) groups is 2. The lowest BCUT2D eigenvalue weighted by atomic mass is 9.95. The van der Waals surface area contributed by atoms with Gasteiger partial charge in [0.25, 0.3) is 0 Å². The van der Waals surface area contributed by atoms with E-state index in [0.29, 0.717) is 13.1 Å². The van der Waals surface area contributed by atoms with Crippen LogP contribution in [0, 0.1) is 0 Å². The van der Waals surface area contributed by atoms with Crippen molar-refractivity contribution in [2.24, 2.45) is 0 Å². The SMILES string of the molecule is O=C1CC(c2ccc(O)cc2)Oc2cc(OC(=O)N3CCCCC3)cc(O)c21. The lowest BCUT2D eigenvalue weighted by Gasteiger charge is -2.27. The molecular weight excluding hydrogens is 362 g/mol. The van der Waals surface area contributed by atoms with Crippen molar-refractivity contribution in [3.05, 3.63) is 47.5 Å². The van der Waals surface area contributed by atoms with Crippen molar-refractivity contribution in [3.63, 3.8) is 0 Å². The molecule has 4 rings (SSSR count). The molecule has 0 aliphatic carbocycles. The van der Waals surface area contributed by atoms with Crippen LogP contribution in [0.2, 0.25) is 0 Å². The number of hydrogen-bond acceptors (Lipinski definition) is 6. The van der Waals surface area contributed by atoms with Crippen LogP contribution in [-0.2, 0) is 0 Å². The Balaban J connectivity index is 1.57. The molecule has 28 heavy (non-hydrogen) atoms. The van der Waals surface area contributed by atoms with Gasteiger partial charge in [-0.1, -0.05) is 12.1 Å². The first-order chi connectivity index (χ1) is 13.5. The van der Waals surface area contributed by atoms with Crippen molar-refractivity contribution in [1.29, 1.82) is 0 Å². The topological polar surface area (TPSA) is 96.3 Å². The van der Waals surface area contributed by atoms with Gasteiger partial charge < -0.3 is 24.6 Å². The van der Waals surface area contributed by atoms with Crippen molar-refractivity contribution in [1.82, 2.24) is 4.90 Å². The van der Waals surface area contributed by atoms with E-state index < -0.39 is 12.2 Å². The van der Waals surface area contributed by atoms with Crippen LogP contribution in [0.4, 0.5) is 4.79 Å². The van der Waals surface area contributed by atoms with Crippen molar-refractivity contribution in [3.8, 4) is 23.0 Å². The highest BCUT2D eigenvalue weighted by molar-refractivity contribution is 6.02. The summed E-state index contributed by atoms with van der Waals surface area (Å²) in [5, 5.41) is 19.7. The maximum Gasteiger partial charge on any atom is 0.415 e. The summed E-state index contributed by atoms with van der Waals surface area (Å²) in [6, 6.07) is 9.13. The molecule has 146 valence electrons. The molecule has 0 aromatic heterocycles. The number of rotatable bonds is 2. The van der Waals surface area contributed by atoms with E-state index in [1.165, 1.54) is 24.3 Å². The number of phenolic OH excluding ortho intramolecular Hbond substituents is 2. The van der Waals surface area contributed by atoms with Gasteiger partial charge in [0.2, 0.25) is 0 Å². The third kappa shape index (κ3) is 3.60. The Kier molecular flexibility index (Phi) is 4.81. The highest BCUT2D eigenvalue weighted by Gasteiger charge is 2.31. The van der Waals surface area contributed by atoms with Crippen LogP contribution in [0.25, 0.3) is 0 Å². The third-order valence-corrected chi connectivity index (χ3v) is 5.06. The number of fused-ring (bicyclic) bond motifs is 1. The summed E-state index contributed by atoms with van der Waals surface area (Å²) in [5.74, 6) is -0.101. The molecule has 1 atom stereocenters. The molecule has 2 aliphatic heterocycles. The zero-order valence-electron chi connectivity index (χ0n) is 15.3. The van der Waals surface area contributed by atoms with Crippen LogP contribution >= 0.6 is 0 Å². The standard InChI is InChI=1S/C21H21NO6/c23-14-6-4-13(5-7-14)18-12-17(25)20-16(24)10-15(11-19(20)28-18)27-21(26)22-8-2-1-3-9-22/h4-7,10-11,18,23-24H,1-3,8-9,12H2. The van der Waals surface area contributed by atoms with Crippen LogP contribution in [0.15, 0.2) is 36.4 Å². The lowest BCUT2D eigenvalue weighted by Crippen LogP contribution is -2.37. The number of likely N-dealkylation sites (tertiary alicyclic amines) is 1. The van der Waals surface area contributed by atoms with Crippen LogP contribution in [0.5, 0.6) is 23.0 Å². The zero-order chi connectivity index (χ0) is 19.7. The van der Waals surface area contributed by atoms with E-state index >= 15 is 0 Å². The van der Waals surface area contributed by atoms with Crippen LogP contribution in [-0.4, -0.2) is 40.1 Å². The first kappa shape index (κ1) is 18.2. The number of amides is 1. The van der Waals surface area contributed by atoms with E-state index in [1.54, 1.807) is 17.0 Å². The summed E-state index contributed by atoms with van der Waals surface area (Å²) in [6.45, 7) is 1.29. The lowest BCUT2D eigenvalue weighted by molar-refractivity contribution is 0.0845. The summed E-state index contributed by atoms with van der Waals surface area (Å²) in [7, 11) is 0. The number of hydrogen-bond donors (Lipinski definition) is 2. The fourth-order valence-corrected chi connectivity index (χ4v) is 3.59. The molecule has 1 saturated heterocycles. The molecule has 2 aliphatic rings. The van der Waals surface area contributed by atoms with E-state index in [4.69, 9.17) is 9.47 Å². The quantitative estimate of drug-likeness (QED) is 0.819. The number of piperidine rings is 1. The van der Waals surface area contributed by atoms with Gasteiger partial charge in [0.05, 0.1) is 6.42 Å². The second-order valence-electron chi connectivity index (χ2n) is 7.06. The highest BCUT2D eigenvalue weighted by atomic mass is 16.6. The maximum absolute atomic E-state index is 12.5. The maximum atomic E-state index is 12.5. The highest BCUT2D eigenvalue weighted by Crippen LogP contribution is 2.42. The molecule has 1 amide bonds. The van der Waals surface area contributed by atoms with Gasteiger partial charge in [0.1, 0.15) is 34.7 Å². The first-order valence-electron chi connectivity index (χ1n) is 9.34. The van der Waals surface area contributed by atoms with Gasteiger partial charge >= 0.3 is 6.09 Å². The Bertz CT molecular complexity index is 902. The summed E-state index contributed by atoms with van der Waals surface area (Å²) in [5.41, 5.74) is 0.819. The number of benzene rings is 2. The summed E-state index contributed by atoms with van der Waals surface area (Å²) < 4.78 is 11.3. The first-order valence-corrected chi connectivity index (χ1v) is 9.34. The summed E-state index contributed by atoms with van der Waals surface area (Å²) in [6.07, 6.45) is 2.02. The normalized spacial score (nSPS) is 18.9. The smallest absolute Gasteiger partial charge is 0.415 e. The molecular formula is C21H21NO6. The number of ketones is 1. The van der Waals surface area contributed by atoms with Gasteiger partial charge in [-0.05, 0) is 37.0 Å². The minimum absolute atomic E-state index is 0.0677. The second kappa shape index (κ2) is 7.42. The number of ether oxygens (including phenoxy) is 2. The predicted molar refractivity (Wildman–Crippen MR) is 100.0 cm³/mol. The van der Waals surface area contributed by atoms with Crippen molar-refractivity contribution >= 4 is 11.9 Å². The molecule has 1 unspecified atom stereocenters. The molecule has 7 nitrogen and oxygen atoms in total. The van der Waals surface area contributed by atoms with Crippen molar-refractivity contribution in [2.75, 3.05) is 13.1 Å². The third-order valence-electron chi connectivity index (χ3n) is 5.06. The second-order valence-corrected chi connectivity index (χ2v) is 7.06. The van der Waals surface area contributed by atoms with E-state index in [0.717, 1.165) is 24.8 Å². The zero-order valence-corrected chi connectivity index (χ0v) is 15.3. The van der Waals surface area contributed by atoms with Gasteiger partial charge in [-0.2, -0.15) is 0 Å². The average molecular weight is 383 g/mol. The molecule has 2 aromatic carbocycles. The number of Topliss-reactive ketones (excluding diaryl/α,β-unsaturated/α-hetero) is 1. The molecule has 2 aromatic rings. The van der Waals surface area contributed by atoms with Crippen molar-refractivity contribution in [2.45, 2.75) is 31.8 Å². The van der Waals surface area contributed by atoms with E-state index in [9.17, 15) is 19.8 Å². The Labute approximate surface area is 162 Å². The predicted octanol–water partition coefficient (Wildman–Crippen LogP) is 3.79. The molecule has 7 heteroatoms. The number of carbonyl (C=O) groups excluding carboxylic acids is 2. The van der Waals surface area contributed by atoms with Gasteiger partial charge in [-0.3, -0.25) is 4.79 Å². The Morgan fingerprint density at radius 2 is 1.79 bits per heavy atom. The van der Waals surface area contributed by atoms with Crippen LogP contribution < -0.4 is 9.47 Å². The Hall–Kier alpha value is -3.22. The summed E-state index contributed by atoms with van der Waals surface area (Å²) in [4.78, 5) is 26.5. The number of phenols is 2. The van der Waals surface area contributed by atoms with Crippen molar-refractivity contribution < 1.29 is 29.3 Å². The van der Waals surface area contributed by atoms with E-state index in [1.807, 2.05) is 0 Å². The molecule has 1 fully saturated rings. The molecule has 2 N–H and O–H groups in total. The van der Waals surface area contributed by atoms with E-state index in [-0.39, 0.29) is 40.8 Å². The fourth-order valence-electron chi connectivity index (χ4n) is 3.59. The molecule has 2 heterocycles. The number of aromatic hydroxyl groups is 2. The van der Waals surface area contributed by atoms with Crippen LogP contribution in [0.3, 0.4) is 0 Å². The largest absolute Gasteiger partial charge is 0.508 e. The average Bonchev–Trinajstić information content (AvgIpc) is 2.68. The molecule has 0 spiro atoms. The van der Waals surface area contributed by atoms with Crippen LogP contribution in [0.1, 0.15) is 47.7 Å². The molecule has 0 bridgehead atoms. The van der Waals surface area contributed by atoms with Gasteiger partial charge in [-0.25, -0.2) is 4.79 Å². The monoisotopic (exact) mass is 383 g/mol. The number of nitrogens with zero attached hydrogens (tertiary/aromatic N) is 1. The Morgan fingerprint density at radius 1 is 1.07 bits per heavy atom. The minimum Gasteiger partial charge on any atom is -0.508 e. The molecule has 0 saturated carbocycles. The fraction of sp³-hybridized carbons (Fsp3) is 0.333. The van der Waals surface area contributed by atoms with Gasteiger partial charge in [0, 0.05) is 25.2 Å². The Morgan fingerprint density at radius 3 is 2.50 bits per heavy atom. The molecule has 0 radical (unpaired) electrons. The van der Waals surface area contributed by atoms with Gasteiger partial charge in [0.15, 0.2) is 5.78 Å². The minimum atomic E-state index is -0.548. The van der Waals surface area contributed by atoms with Gasteiger partial charge in [-0.15, -0.1) is 0 Å².